The van der Waals surface area contributed by atoms with Gasteiger partial charge in [-0.3, -0.25) is 4.79 Å². The summed E-state index contributed by atoms with van der Waals surface area (Å²) in [6, 6.07) is 6.50. The van der Waals surface area contributed by atoms with E-state index in [0.717, 1.165) is 17.0 Å². The van der Waals surface area contributed by atoms with Gasteiger partial charge in [-0.25, -0.2) is 0 Å². The molecule has 0 aromatic carbocycles. The van der Waals surface area contributed by atoms with Crippen LogP contribution in [0.5, 0.6) is 0 Å². The average molecular weight is 318 g/mol. The summed E-state index contributed by atoms with van der Waals surface area (Å²) in [5.41, 5.74) is 1.08. The minimum Gasteiger partial charge on any atom is -0.347 e. The first kappa shape index (κ1) is 13.5. The highest BCUT2D eigenvalue weighted by Crippen LogP contribution is 2.33. The minimum atomic E-state index is 0.104. The lowest BCUT2D eigenvalue weighted by molar-refractivity contribution is 0.0623. The molecule has 1 atom stereocenters. The monoisotopic (exact) mass is 318 g/mol. The van der Waals surface area contributed by atoms with E-state index in [1.165, 1.54) is 30.8 Å². The zero-order chi connectivity index (χ0) is 14.2. The number of carbonyl (C=O) groups excluding carboxylic acids is 1. The summed E-state index contributed by atoms with van der Waals surface area (Å²) >= 11 is 3.23. The fraction of sp³-hybridized carbons (Fsp3) is 0.438. The molecule has 3 saturated heterocycles. The third kappa shape index (κ3) is 2.54. The molecule has 0 radical (unpaired) electrons. The normalized spacial score (nSPS) is 27.7. The number of thiophene rings is 2. The second-order valence-electron chi connectivity index (χ2n) is 5.86. The second kappa shape index (κ2) is 5.55. The van der Waals surface area contributed by atoms with Crippen LogP contribution in [-0.4, -0.2) is 36.5 Å². The summed E-state index contributed by atoms with van der Waals surface area (Å²) in [6.45, 7) is 3.43. The summed E-state index contributed by atoms with van der Waals surface area (Å²) in [5, 5.41) is 7.36. The molecule has 110 valence electrons. The number of nitrogens with one attached hydrogen (secondary N) is 1. The van der Waals surface area contributed by atoms with Crippen LogP contribution in [0.4, 0.5) is 0 Å². The fourth-order valence-electron chi connectivity index (χ4n) is 3.47. The number of rotatable bonds is 3. The molecule has 1 N–H and O–H groups in total. The van der Waals surface area contributed by atoms with Crippen LogP contribution in [0.2, 0.25) is 0 Å². The van der Waals surface area contributed by atoms with Gasteiger partial charge in [-0.2, -0.15) is 0 Å². The van der Waals surface area contributed by atoms with E-state index in [-0.39, 0.29) is 5.91 Å². The molecule has 5 rings (SSSR count). The van der Waals surface area contributed by atoms with Crippen molar-refractivity contribution in [3.8, 4) is 10.4 Å². The lowest BCUT2D eigenvalue weighted by Crippen LogP contribution is -2.57. The molecule has 2 bridgehead atoms. The first-order chi connectivity index (χ1) is 10.3. The molecule has 1 unspecified atom stereocenters. The number of nitrogens with zero attached hydrogens (tertiary/aromatic N) is 1. The summed E-state index contributed by atoms with van der Waals surface area (Å²) in [4.78, 5) is 17.2. The Kier molecular flexibility index (Phi) is 3.57. The number of piperidine rings is 3. The zero-order valence-electron chi connectivity index (χ0n) is 11.7. The van der Waals surface area contributed by atoms with Gasteiger partial charge in [-0.15, -0.1) is 22.7 Å². The summed E-state index contributed by atoms with van der Waals surface area (Å²) < 4.78 is 0. The van der Waals surface area contributed by atoms with E-state index in [2.05, 4.69) is 27.7 Å². The molecule has 3 aliphatic heterocycles. The molecule has 21 heavy (non-hydrogen) atoms. The third-order valence-corrected chi connectivity index (χ3v) is 6.45. The Bertz CT molecular complexity index is 627. The van der Waals surface area contributed by atoms with E-state index >= 15 is 0 Å². The molecular formula is C16H18N2OS2. The van der Waals surface area contributed by atoms with Gasteiger partial charge in [0.1, 0.15) is 4.88 Å². The number of hydrogen-bond acceptors (Lipinski definition) is 4. The maximum atomic E-state index is 12.7. The molecule has 5 heterocycles. The van der Waals surface area contributed by atoms with Crippen LogP contribution in [0.15, 0.2) is 29.0 Å². The molecule has 5 heteroatoms. The molecule has 3 nitrogen and oxygen atoms in total. The van der Waals surface area contributed by atoms with Gasteiger partial charge in [-0.1, -0.05) is 6.07 Å². The van der Waals surface area contributed by atoms with Crippen LogP contribution in [0, 0.1) is 5.92 Å². The van der Waals surface area contributed by atoms with Gasteiger partial charge in [-0.05, 0) is 54.7 Å². The van der Waals surface area contributed by atoms with Crippen molar-refractivity contribution in [3.63, 3.8) is 0 Å². The number of amides is 1. The van der Waals surface area contributed by atoms with Crippen molar-refractivity contribution in [3.05, 3.63) is 33.8 Å². The largest absolute Gasteiger partial charge is 0.347 e. The van der Waals surface area contributed by atoms with Crippen LogP contribution >= 0.6 is 22.7 Å². The van der Waals surface area contributed by atoms with E-state index in [0.29, 0.717) is 12.0 Å². The molecule has 3 aliphatic rings. The molecule has 2 aromatic heterocycles. The first-order valence-electron chi connectivity index (χ1n) is 7.46. The Labute approximate surface area is 132 Å². The van der Waals surface area contributed by atoms with Crippen LogP contribution in [-0.2, 0) is 0 Å². The lowest BCUT2D eigenvalue weighted by atomic mass is 9.84. The summed E-state index contributed by atoms with van der Waals surface area (Å²) in [7, 11) is 0. The predicted octanol–water partition coefficient (Wildman–Crippen LogP) is 3.30. The SMILES string of the molecule is O=C(NC1CN2CCC1CC2)c1sccc1-c1cccs1. The third-order valence-electron chi connectivity index (χ3n) is 4.63. The topological polar surface area (TPSA) is 32.3 Å². The standard InChI is InChI=1S/C16H18N2OS2/c19-16(17-13-10-18-6-3-11(13)4-7-18)15-12(5-9-21-15)14-2-1-8-20-14/h1-2,5,8-9,11,13H,3-4,6-7,10H2,(H,17,19). The van der Waals surface area contributed by atoms with Crippen molar-refractivity contribution in [2.45, 2.75) is 18.9 Å². The van der Waals surface area contributed by atoms with E-state index in [9.17, 15) is 4.79 Å². The zero-order valence-corrected chi connectivity index (χ0v) is 13.4. The maximum absolute atomic E-state index is 12.7. The molecular weight excluding hydrogens is 300 g/mol. The van der Waals surface area contributed by atoms with Crippen molar-refractivity contribution in [2.75, 3.05) is 19.6 Å². The number of hydrogen-bond donors (Lipinski definition) is 1. The van der Waals surface area contributed by atoms with Gasteiger partial charge in [0.2, 0.25) is 0 Å². The van der Waals surface area contributed by atoms with Crippen LogP contribution in [0.25, 0.3) is 10.4 Å². The van der Waals surface area contributed by atoms with Crippen molar-refractivity contribution in [1.82, 2.24) is 10.2 Å². The van der Waals surface area contributed by atoms with E-state index in [1.54, 1.807) is 22.7 Å². The molecule has 2 aromatic rings. The van der Waals surface area contributed by atoms with Gasteiger partial charge in [0, 0.05) is 23.0 Å². The Morgan fingerprint density at radius 2 is 2.05 bits per heavy atom. The Morgan fingerprint density at radius 3 is 2.71 bits per heavy atom. The molecule has 0 aliphatic carbocycles. The van der Waals surface area contributed by atoms with Crippen molar-refractivity contribution in [1.29, 1.82) is 0 Å². The maximum Gasteiger partial charge on any atom is 0.262 e. The summed E-state index contributed by atoms with van der Waals surface area (Å²) in [6.07, 6.45) is 2.46. The van der Waals surface area contributed by atoms with Gasteiger partial charge in [0.15, 0.2) is 0 Å². The Hall–Kier alpha value is -1.17. The average Bonchev–Trinajstić information content (AvgIpc) is 3.19. The lowest BCUT2D eigenvalue weighted by Gasteiger charge is -2.44. The molecule has 3 fully saturated rings. The highest BCUT2D eigenvalue weighted by molar-refractivity contribution is 7.15. The van der Waals surface area contributed by atoms with Crippen molar-refractivity contribution in [2.24, 2.45) is 5.92 Å². The Balaban J connectivity index is 1.52. The van der Waals surface area contributed by atoms with Crippen molar-refractivity contribution >= 4 is 28.6 Å². The van der Waals surface area contributed by atoms with Crippen LogP contribution in [0.3, 0.4) is 0 Å². The highest BCUT2D eigenvalue weighted by Gasteiger charge is 2.35. The number of fused-ring (bicyclic) bond motifs is 3. The Morgan fingerprint density at radius 1 is 1.19 bits per heavy atom. The van der Waals surface area contributed by atoms with Crippen molar-refractivity contribution < 1.29 is 4.79 Å². The van der Waals surface area contributed by atoms with E-state index < -0.39 is 0 Å². The quantitative estimate of drug-likeness (QED) is 0.942. The molecule has 1 amide bonds. The predicted molar refractivity (Wildman–Crippen MR) is 88.1 cm³/mol. The van der Waals surface area contributed by atoms with Crippen LogP contribution in [0.1, 0.15) is 22.5 Å². The second-order valence-corrected chi connectivity index (χ2v) is 7.72. The van der Waals surface area contributed by atoms with E-state index in [4.69, 9.17) is 0 Å². The van der Waals surface area contributed by atoms with Gasteiger partial charge < -0.3 is 10.2 Å². The van der Waals surface area contributed by atoms with Crippen LogP contribution < -0.4 is 5.32 Å². The first-order valence-corrected chi connectivity index (χ1v) is 9.22. The van der Waals surface area contributed by atoms with Gasteiger partial charge >= 0.3 is 0 Å². The van der Waals surface area contributed by atoms with Gasteiger partial charge in [0.05, 0.1) is 0 Å². The highest BCUT2D eigenvalue weighted by atomic mass is 32.1. The molecule has 0 saturated carbocycles. The number of carbonyl (C=O) groups is 1. The molecule has 0 spiro atoms. The van der Waals surface area contributed by atoms with Gasteiger partial charge in [0.25, 0.3) is 5.91 Å². The fourth-order valence-corrected chi connectivity index (χ4v) is 5.11. The summed E-state index contributed by atoms with van der Waals surface area (Å²) in [5.74, 6) is 0.774. The minimum absolute atomic E-state index is 0.104. The smallest absolute Gasteiger partial charge is 0.262 e. The van der Waals surface area contributed by atoms with E-state index in [1.807, 2.05) is 11.4 Å².